The third-order valence-corrected chi connectivity index (χ3v) is 7.89. The molecule has 2 aliphatic heterocycles. The van der Waals surface area contributed by atoms with E-state index in [1.807, 2.05) is 22.7 Å². The van der Waals surface area contributed by atoms with E-state index in [1.165, 1.54) is 30.7 Å². The summed E-state index contributed by atoms with van der Waals surface area (Å²) >= 11 is 0. The summed E-state index contributed by atoms with van der Waals surface area (Å²) in [6.45, 7) is 5.64. The molecule has 4 heterocycles. The lowest BCUT2D eigenvalue weighted by molar-refractivity contribution is -0.137. The lowest BCUT2D eigenvalue weighted by atomic mass is 9.82. The first-order valence-corrected chi connectivity index (χ1v) is 12.4. The predicted molar refractivity (Wildman–Crippen MR) is 128 cm³/mol. The highest BCUT2D eigenvalue weighted by atomic mass is 19.4. The molecule has 1 saturated carbocycles. The van der Waals surface area contributed by atoms with Gasteiger partial charge < -0.3 is 9.80 Å². The number of aryl methyl sites for hydroxylation is 2. The Morgan fingerprint density at radius 2 is 1.71 bits per heavy atom. The summed E-state index contributed by atoms with van der Waals surface area (Å²) in [5, 5.41) is 4.82. The van der Waals surface area contributed by atoms with E-state index in [4.69, 9.17) is 10.1 Å². The number of benzene rings is 1. The van der Waals surface area contributed by atoms with Gasteiger partial charge in [-0.3, -0.25) is 4.98 Å². The van der Waals surface area contributed by atoms with Crippen molar-refractivity contribution in [2.75, 3.05) is 29.4 Å². The van der Waals surface area contributed by atoms with Crippen LogP contribution in [0.1, 0.15) is 36.3 Å². The number of pyridine rings is 1. The number of fused-ring (bicyclic) bond motifs is 3. The van der Waals surface area contributed by atoms with E-state index >= 15 is 0 Å². The van der Waals surface area contributed by atoms with Crippen molar-refractivity contribution in [3.63, 3.8) is 0 Å². The molecule has 2 bridgehead atoms. The zero-order chi connectivity index (χ0) is 24.2. The minimum atomic E-state index is -4.33. The van der Waals surface area contributed by atoms with Crippen LogP contribution in [0.2, 0.25) is 0 Å². The molecule has 0 N–H and O–H groups in total. The van der Waals surface area contributed by atoms with Gasteiger partial charge in [0.2, 0.25) is 5.95 Å². The van der Waals surface area contributed by atoms with E-state index in [0.29, 0.717) is 17.8 Å². The first-order valence-electron chi connectivity index (χ1n) is 12.4. The van der Waals surface area contributed by atoms with Gasteiger partial charge in [-0.15, -0.1) is 0 Å². The molecule has 184 valence electrons. The Hall–Kier alpha value is -3.10. The Balaban J connectivity index is 1.19. The molecular weight excluding hydrogens is 453 g/mol. The molecule has 1 aliphatic carbocycles. The standard InChI is InChI=1S/C26H29F3N6/c1-17-13-22(9-10-30-17)33-15-18-3-4-19(16-33)23(18)14-24-31-25-34(11-2-12-35(25)32-24)21-7-5-20(6-8-21)26(27,28)29/h5-10,13,18-19,23H,2-4,11-12,14-16H2,1H3/t18-,19+,23?. The summed E-state index contributed by atoms with van der Waals surface area (Å²) in [5.74, 6) is 3.40. The van der Waals surface area contributed by atoms with Gasteiger partial charge in [0.25, 0.3) is 0 Å². The number of hydrogen-bond acceptors (Lipinski definition) is 5. The van der Waals surface area contributed by atoms with Crippen molar-refractivity contribution in [1.29, 1.82) is 0 Å². The van der Waals surface area contributed by atoms with E-state index in [1.54, 1.807) is 0 Å². The van der Waals surface area contributed by atoms with Crippen LogP contribution < -0.4 is 9.80 Å². The van der Waals surface area contributed by atoms with Crippen molar-refractivity contribution in [3.05, 3.63) is 59.7 Å². The van der Waals surface area contributed by atoms with Gasteiger partial charge in [0.15, 0.2) is 5.82 Å². The zero-order valence-electron chi connectivity index (χ0n) is 19.7. The number of rotatable bonds is 4. The molecule has 3 atom stereocenters. The van der Waals surface area contributed by atoms with Gasteiger partial charge in [0, 0.05) is 55.9 Å². The van der Waals surface area contributed by atoms with Crippen LogP contribution in [-0.2, 0) is 19.1 Å². The smallest absolute Gasteiger partial charge is 0.371 e. The topological polar surface area (TPSA) is 50.1 Å². The van der Waals surface area contributed by atoms with Crippen LogP contribution in [0.4, 0.5) is 30.5 Å². The van der Waals surface area contributed by atoms with Crippen molar-refractivity contribution in [1.82, 2.24) is 19.7 Å². The van der Waals surface area contributed by atoms with Crippen LogP contribution in [0.15, 0.2) is 42.6 Å². The molecule has 0 radical (unpaired) electrons. The average molecular weight is 483 g/mol. The molecule has 35 heavy (non-hydrogen) atoms. The van der Waals surface area contributed by atoms with Crippen LogP contribution in [0, 0.1) is 24.7 Å². The zero-order valence-corrected chi connectivity index (χ0v) is 19.7. The van der Waals surface area contributed by atoms with Gasteiger partial charge in [-0.1, -0.05) is 0 Å². The van der Waals surface area contributed by atoms with Crippen LogP contribution in [0.5, 0.6) is 0 Å². The maximum Gasteiger partial charge on any atom is 0.416 e. The monoisotopic (exact) mass is 482 g/mol. The Bertz CT molecular complexity index is 1190. The van der Waals surface area contributed by atoms with Crippen molar-refractivity contribution in [2.45, 2.75) is 45.3 Å². The van der Waals surface area contributed by atoms with Gasteiger partial charge in [0.05, 0.1) is 5.56 Å². The van der Waals surface area contributed by atoms with Gasteiger partial charge in [0.1, 0.15) is 0 Å². The summed E-state index contributed by atoms with van der Waals surface area (Å²) < 4.78 is 40.9. The molecule has 2 fully saturated rings. The highest BCUT2D eigenvalue weighted by Crippen LogP contribution is 2.44. The lowest BCUT2D eigenvalue weighted by Gasteiger charge is -2.39. The van der Waals surface area contributed by atoms with Gasteiger partial charge in [-0.05, 0) is 80.3 Å². The first kappa shape index (κ1) is 22.4. The van der Waals surface area contributed by atoms with Crippen molar-refractivity contribution < 1.29 is 13.2 Å². The number of piperidine rings is 1. The highest BCUT2D eigenvalue weighted by Gasteiger charge is 2.42. The molecule has 3 aliphatic rings. The van der Waals surface area contributed by atoms with E-state index in [-0.39, 0.29) is 0 Å². The predicted octanol–water partition coefficient (Wildman–Crippen LogP) is 5.25. The SMILES string of the molecule is Cc1cc(N2C[C@H]3CC[C@@H](C2)C3Cc2nc3n(n2)CCCN3c2ccc(C(F)(F)F)cc2)ccn1. The fourth-order valence-corrected chi connectivity index (χ4v) is 6.19. The van der Waals surface area contributed by atoms with E-state index in [2.05, 4.69) is 22.0 Å². The van der Waals surface area contributed by atoms with Crippen molar-refractivity contribution >= 4 is 17.3 Å². The van der Waals surface area contributed by atoms with Crippen LogP contribution in [0.25, 0.3) is 0 Å². The third kappa shape index (κ3) is 4.25. The fraction of sp³-hybridized carbons (Fsp3) is 0.500. The van der Waals surface area contributed by atoms with E-state index in [0.717, 1.165) is 74.3 Å². The van der Waals surface area contributed by atoms with Crippen LogP contribution >= 0.6 is 0 Å². The number of alkyl halides is 3. The summed E-state index contributed by atoms with van der Waals surface area (Å²) in [4.78, 5) is 13.7. The lowest BCUT2D eigenvalue weighted by Crippen LogP contribution is -2.42. The Morgan fingerprint density at radius 1 is 0.971 bits per heavy atom. The largest absolute Gasteiger partial charge is 0.416 e. The second-order valence-corrected chi connectivity index (χ2v) is 10.1. The minimum absolute atomic E-state index is 0.568. The number of halogens is 3. The van der Waals surface area contributed by atoms with Gasteiger partial charge in [-0.25, -0.2) is 4.68 Å². The Morgan fingerprint density at radius 3 is 2.40 bits per heavy atom. The summed E-state index contributed by atoms with van der Waals surface area (Å²) in [7, 11) is 0. The minimum Gasteiger partial charge on any atom is -0.371 e. The average Bonchev–Trinajstić information content (AvgIpc) is 3.34. The molecule has 6 nitrogen and oxygen atoms in total. The molecule has 1 unspecified atom stereocenters. The summed E-state index contributed by atoms with van der Waals surface area (Å²) in [6, 6.07) is 9.62. The number of aromatic nitrogens is 4. The maximum absolute atomic E-state index is 13.0. The second-order valence-electron chi connectivity index (χ2n) is 10.1. The normalized spacial score (nSPS) is 24.1. The molecule has 1 aromatic carbocycles. The molecule has 1 saturated heterocycles. The molecule has 0 spiro atoms. The third-order valence-electron chi connectivity index (χ3n) is 7.89. The van der Waals surface area contributed by atoms with Crippen LogP contribution in [0.3, 0.4) is 0 Å². The van der Waals surface area contributed by atoms with Gasteiger partial charge >= 0.3 is 6.18 Å². The number of hydrogen-bond donors (Lipinski definition) is 0. The van der Waals surface area contributed by atoms with Crippen molar-refractivity contribution in [3.8, 4) is 0 Å². The quantitative estimate of drug-likeness (QED) is 0.509. The number of nitrogens with zero attached hydrogens (tertiary/aromatic N) is 6. The molecule has 3 aromatic rings. The van der Waals surface area contributed by atoms with Gasteiger partial charge in [-0.2, -0.15) is 23.3 Å². The molecule has 2 aromatic heterocycles. The molecule has 6 rings (SSSR count). The number of anilines is 3. The van der Waals surface area contributed by atoms with Crippen molar-refractivity contribution in [2.24, 2.45) is 17.8 Å². The van der Waals surface area contributed by atoms with E-state index < -0.39 is 11.7 Å². The maximum atomic E-state index is 13.0. The Labute approximate surface area is 202 Å². The summed E-state index contributed by atoms with van der Waals surface area (Å²) in [5.41, 5.74) is 2.39. The molecular formula is C26H29F3N6. The molecule has 9 heteroatoms. The van der Waals surface area contributed by atoms with E-state index in [9.17, 15) is 13.2 Å². The van der Waals surface area contributed by atoms with Crippen LogP contribution in [-0.4, -0.2) is 39.4 Å². The Kier molecular flexibility index (Phi) is 5.45. The molecule has 0 amide bonds. The first-order chi connectivity index (χ1) is 16.8. The second kappa shape index (κ2) is 8.53. The fourth-order valence-electron chi connectivity index (χ4n) is 6.19. The highest BCUT2D eigenvalue weighted by molar-refractivity contribution is 5.58. The summed E-state index contributed by atoms with van der Waals surface area (Å²) in [6.07, 6.45) is 1.77.